The van der Waals surface area contributed by atoms with Gasteiger partial charge >= 0.3 is 0 Å². The van der Waals surface area contributed by atoms with Crippen LogP contribution in [0, 0.1) is 12.3 Å². The molecule has 2 heteroatoms. The van der Waals surface area contributed by atoms with Crippen molar-refractivity contribution in [3.63, 3.8) is 0 Å². The molecular formula is C27H37BrSi. The molecule has 0 N–H and O–H groups in total. The van der Waals surface area contributed by atoms with Crippen LogP contribution in [-0.4, -0.2) is 8.07 Å². The molecule has 0 radical (unpaired) electrons. The van der Waals surface area contributed by atoms with Crippen LogP contribution < -0.4 is 10.4 Å². The van der Waals surface area contributed by atoms with Crippen LogP contribution >= 0.6 is 15.9 Å². The summed E-state index contributed by atoms with van der Waals surface area (Å²) in [6.45, 7) is 4.81. The van der Waals surface area contributed by atoms with Gasteiger partial charge in [0, 0.05) is 10.0 Å². The van der Waals surface area contributed by atoms with Crippen LogP contribution in [-0.2, 0) is 0 Å². The number of benzene rings is 2. The van der Waals surface area contributed by atoms with Crippen molar-refractivity contribution in [1.29, 1.82) is 0 Å². The SMILES string of the molecule is C#Cc1ccc([Si](C)(CCCCCCCCCCCC)c2ccc(Br)cc2)cc1. The maximum atomic E-state index is 5.56. The van der Waals surface area contributed by atoms with E-state index >= 15 is 0 Å². The molecule has 2 rings (SSSR count). The molecule has 0 nitrogen and oxygen atoms in total. The Morgan fingerprint density at radius 2 is 1.17 bits per heavy atom. The fourth-order valence-electron chi connectivity index (χ4n) is 4.17. The third kappa shape index (κ3) is 7.80. The first-order valence-electron chi connectivity index (χ1n) is 11.4. The predicted molar refractivity (Wildman–Crippen MR) is 136 cm³/mol. The highest BCUT2D eigenvalue weighted by Crippen LogP contribution is 2.19. The molecular weight excluding hydrogens is 432 g/mol. The molecule has 0 aromatic heterocycles. The highest BCUT2D eigenvalue weighted by Gasteiger charge is 2.31. The average molecular weight is 470 g/mol. The van der Waals surface area contributed by atoms with Gasteiger partial charge in [0.15, 0.2) is 0 Å². The molecule has 0 spiro atoms. The molecule has 0 aliphatic rings. The van der Waals surface area contributed by atoms with Crippen molar-refractivity contribution in [2.45, 2.75) is 83.7 Å². The lowest BCUT2D eigenvalue weighted by Crippen LogP contribution is -2.55. The molecule has 2 aromatic rings. The van der Waals surface area contributed by atoms with E-state index in [0.717, 1.165) is 10.0 Å². The van der Waals surface area contributed by atoms with E-state index in [4.69, 9.17) is 6.42 Å². The molecule has 0 amide bonds. The van der Waals surface area contributed by atoms with Gasteiger partial charge in [0.05, 0.1) is 0 Å². The highest BCUT2D eigenvalue weighted by atomic mass is 79.9. The molecule has 0 aliphatic heterocycles. The summed E-state index contributed by atoms with van der Waals surface area (Å²) in [4.78, 5) is 0. The quantitative estimate of drug-likeness (QED) is 0.161. The zero-order chi connectivity index (χ0) is 21.0. The zero-order valence-electron chi connectivity index (χ0n) is 18.4. The molecule has 0 fully saturated rings. The Kier molecular flexibility index (Phi) is 10.8. The van der Waals surface area contributed by atoms with Gasteiger partial charge in [0.25, 0.3) is 0 Å². The third-order valence-corrected chi connectivity index (χ3v) is 11.3. The second-order valence-corrected chi connectivity index (χ2v) is 13.7. The molecule has 0 saturated carbocycles. The van der Waals surface area contributed by atoms with E-state index in [1.54, 1.807) is 0 Å². The summed E-state index contributed by atoms with van der Waals surface area (Å²) in [5.74, 6) is 2.75. The Morgan fingerprint density at radius 3 is 1.66 bits per heavy atom. The summed E-state index contributed by atoms with van der Waals surface area (Å²) in [6, 6.07) is 19.1. The first kappa shape index (κ1) is 24.0. The van der Waals surface area contributed by atoms with E-state index < -0.39 is 8.07 Å². The van der Waals surface area contributed by atoms with Crippen molar-refractivity contribution < 1.29 is 0 Å². The first-order chi connectivity index (χ1) is 14.1. The summed E-state index contributed by atoms with van der Waals surface area (Å²) < 4.78 is 1.15. The van der Waals surface area contributed by atoms with Crippen molar-refractivity contribution >= 4 is 34.4 Å². The topological polar surface area (TPSA) is 0 Å². The Morgan fingerprint density at radius 1 is 0.724 bits per heavy atom. The summed E-state index contributed by atoms with van der Waals surface area (Å²) in [5, 5.41) is 3.01. The minimum atomic E-state index is -1.74. The van der Waals surface area contributed by atoms with Gasteiger partial charge in [-0.1, -0.05) is 134 Å². The van der Waals surface area contributed by atoms with Crippen LogP contribution in [0.1, 0.15) is 76.7 Å². The number of halogens is 1. The molecule has 0 heterocycles. The first-order valence-corrected chi connectivity index (χ1v) is 14.9. The lowest BCUT2D eigenvalue weighted by Gasteiger charge is -2.29. The van der Waals surface area contributed by atoms with Gasteiger partial charge in [-0.15, -0.1) is 6.42 Å². The van der Waals surface area contributed by atoms with Gasteiger partial charge < -0.3 is 0 Å². The van der Waals surface area contributed by atoms with Crippen molar-refractivity contribution in [3.8, 4) is 12.3 Å². The number of terminal acetylenes is 1. The van der Waals surface area contributed by atoms with Crippen molar-refractivity contribution in [1.82, 2.24) is 0 Å². The monoisotopic (exact) mass is 468 g/mol. The summed E-state index contributed by atoms with van der Waals surface area (Å²) >= 11 is 3.59. The Bertz CT molecular complexity index is 742. The molecule has 0 aliphatic carbocycles. The molecule has 0 bridgehead atoms. The van der Waals surface area contributed by atoms with E-state index in [0.29, 0.717) is 0 Å². The third-order valence-electron chi connectivity index (χ3n) is 6.20. The van der Waals surface area contributed by atoms with Crippen LogP contribution in [0.15, 0.2) is 53.0 Å². The molecule has 156 valence electrons. The lowest BCUT2D eigenvalue weighted by atomic mass is 10.1. The van der Waals surface area contributed by atoms with E-state index in [1.165, 1.54) is 80.6 Å². The average Bonchev–Trinajstić information content (AvgIpc) is 2.75. The smallest absolute Gasteiger partial charge is 0.115 e. The van der Waals surface area contributed by atoms with Crippen LogP contribution in [0.4, 0.5) is 0 Å². The Labute approximate surface area is 188 Å². The normalized spacial score (nSPS) is 13.0. The number of hydrogen-bond acceptors (Lipinski definition) is 0. The van der Waals surface area contributed by atoms with Gasteiger partial charge in [-0.25, -0.2) is 0 Å². The highest BCUT2D eigenvalue weighted by molar-refractivity contribution is 9.10. The van der Waals surface area contributed by atoms with Gasteiger partial charge in [-0.05, 0) is 30.3 Å². The van der Waals surface area contributed by atoms with Crippen LogP contribution in [0.3, 0.4) is 0 Å². The summed E-state index contributed by atoms with van der Waals surface area (Å²) in [6.07, 6.45) is 19.5. The van der Waals surface area contributed by atoms with Crippen LogP contribution in [0.25, 0.3) is 0 Å². The van der Waals surface area contributed by atoms with Gasteiger partial charge in [0.2, 0.25) is 0 Å². The molecule has 1 unspecified atom stereocenters. The van der Waals surface area contributed by atoms with E-state index in [9.17, 15) is 0 Å². The Hall–Kier alpha value is -1.30. The van der Waals surface area contributed by atoms with Crippen molar-refractivity contribution in [2.75, 3.05) is 0 Å². The number of rotatable bonds is 13. The van der Waals surface area contributed by atoms with E-state index in [-0.39, 0.29) is 0 Å². The fraction of sp³-hybridized carbons (Fsp3) is 0.481. The maximum Gasteiger partial charge on any atom is 0.115 e. The standard InChI is InChI=1S/C27H37BrSi/c1-4-6-7-8-9-10-11-12-13-14-23-29(3,27-21-17-25(28)18-22-27)26-19-15-24(5-2)16-20-26/h2,15-22H,4,6-14,23H2,1,3H3. The summed E-state index contributed by atoms with van der Waals surface area (Å²) in [5.41, 5.74) is 0.972. The second kappa shape index (κ2) is 13.1. The maximum absolute atomic E-state index is 5.56. The predicted octanol–water partition coefficient (Wildman–Crippen LogP) is 7.54. The van der Waals surface area contributed by atoms with Crippen molar-refractivity contribution in [3.05, 3.63) is 58.6 Å². The minimum Gasteiger partial charge on any atom is -0.115 e. The largest absolute Gasteiger partial charge is 0.115 e. The Balaban J connectivity index is 1.91. The minimum absolute atomic E-state index is 0.972. The number of unbranched alkanes of at least 4 members (excludes halogenated alkanes) is 9. The number of hydrogen-bond donors (Lipinski definition) is 0. The van der Waals surface area contributed by atoms with Crippen LogP contribution in [0.2, 0.25) is 12.6 Å². The second-order valence-electron chi connectivity index (χ2n) is 8.49. The zero-order valence-corrected chi connectivity index (χ0v) is 20.9. The summed E-state index contributed by atoms with van der Waals surface area (Å²) in [7, 11) is -1.74. The lowest BCUT2D eigenvalue weighted by molar-refractivity contribution is 0.562. The molecule has 2 aromatic carbocycles. The van der Waals surface area contributed by atoms with Gasteiger partial charge in [0.1, 0.15) is 8.07 Å². The molecule has 1 atom stereocenters. The fourth-order valence-corrected chi connectivity index (χ4v) is 8.11. The van der Waals surface area contributed by atoms with E-state index in [2.05, 4.69) is 83.9 Å². The molecule has 29 heavy (non-hydrogen) atoms. The van der Waals surface area contributed by atoms with E-state index in [1.807, 2.05) is 0 Å². The van der Waals surface area contributed by atoms with Crippen LogP contribution in [0.5, 0.6) is 0 Å². The van der Waals surface area contributed by atoms with Gasteiger partial charge in [-0.3, -0.25) is 0 Å². The van der Waals surface area contributed by atoms with Crippen molar-refractivity contribution in [2.24, 2.45) is 0 Å². The molecule has 0 saturated heterocycles. The van der Waals surface area contributed by atoms with Gasteiger partial charge in [-0.2, -0.15) is 0 Å².